The number of fused-ring (bicyclic) bond motifs is 2. The van der Waals surface area contributed by atoms with Crippen LogP contribution in [0.5, 0.6) is 0 Å². The summed E-state index contributed by atoms with van der Waals surface area (Å²) in [6.07, 6.45) is 1.62. The fourth-order valence-electron chi connectivity index (χ4n) is 2.33. The highest BCUT2D eigenvalue weighted by Crippen LogP contribution is 2.23. The van der Waals surface area contributed by atoms with Gasteiger partial charge in [0.2, 0.25) is 0 Å². The predicted octanol–water partition coefficient (Wildman–Crippen LogP) is 4.17. The average Bonchev–Trinajstić information content (AvgIpc) is 2.55. The molecule has 0 saturated heterocycles. The van der Waals surface area contributed by atoms with Gasteiger partial charge in [-0.1, -0.05) is 28.1 Å². The molecule has 0 amide bonds. The first kappa shape index (κ1) is 13.2. The third kappa shape index (κ3) is 2.19. The van der Waals surface area contributed by atoms with Crippen LogP contribution in [0.4, 0.5) is 0 Å². The first-order chi connectivity index (χ1) is 10.7. The normalized spacial score (nSPS) is 11.1. The van der Waals surface area contributed by atoms with Gasteiger partial charge in [-0.3, -0.25) is 9.78 Å². The fraction of sp³-hybridized carbons (Fsp3) is 0. The summed E-state index contributed by atoms with van der Waals surface area (Å²) in [5.74, 6) is 0.415. The Morgan fingerprint density at radius 2 is 1.82 bits per heavy atom. The van der Waals surface area contributed by atoms with E-state index in [1.54, 1.807) is 18.3 Å². The second kappa shape index (κ2) is 5.03. The monoisotopic (exact) mass is 352 g/mol. The van der Waals surface area contributed by atoms with Crippen molar-refractivity contribution in [3.63, 3.8) is 0 Å². The van der Waals surface area contributed by atoms with E-state index < -0.39 is 0 Å². The van der Waals surface area contributed by atoms with Gasteiger partial charge in [-0.05, 0) is 30.3 Å². The van der Waals surface area contributed by atoms with Crippen LogP contribution in [0.3, 0.4) is 0 Å². The Bertz CT molecular complexity index is 1070. The molecule has 5 heteroatoms. The van der Waals surface area contributed by atoms with Crippen molar-refractivity contribution in [1.82, 2.24) is 9.97 Å². The summed E-state index contributed by atoms with van der Waals surface area (Å²) in [7, 11) is 0. The lowest BCUT2D eigenvalue weighted by atomic mass is 10.2. The second-order valence-electron chi connectivity index (χ2n) is 4.86. The first-order valence-corrected chi connectivity index (χ1v) is 7.45. The fourth-order valence-corrected chi connectivity index (χ4v) is 2.69. The van der Waals surface area contributed by atoms with Crippen LogP contribution in [0.1, 0.15) is 0 Å². The van der Waals surface area contributed by atoms with E-state index in [2.05, 4.69) is 25.9 Å². The van der Waals surface area contributed by atoms with Crippen molar-refractivity contribution in [2.45, 2.75) is 0 Å². The lowest BCUT2D eigenvalue weighted by Crippen LogP contribution is -2.01. The molecule has 22 heavy (non-hydrogen) atoms. The summed E-state index contributed by atoms with van der Waals surface area (Å²) in [5, 5.41) is 0.534. The van der Waals surface area contributed by atoms with Crippen LogP contribution in [0, 0.1) is 0 Å². The zero-order valence-electron chi connectivity index (χ0n) is 11.3. The van der Waals surface area contributed by atoms with E-state index in [-0.39, 0.29) is 5.43 Å². The molecular weight excluding hydrogens is 344 g/mol. The van der Waals surface area contributed by atoms with Gasteiger partial charge in [0.15, 0.2) is 11.2 Å². The van der Waals surface area contributed by atoms with Crippen LogP contribution in [-0.2, 0) is 0 Å². The maximum Gasteiger partial charge on any atom is 0.193 e. The van der Waals surface area contributed by atoms with Gasteiger partial charge in [0.1, 0.15) is 11.3 Å². The predicted molar refractivity (Wildman–Crippen MR) is 88.7 cm³/mol. The van der Waals surface area contributed by atoms with Crippen molar-refractivity contribution in [1.29, 1.82) is 0 Å². The molecule has 2 aromatic carbocycles. The number of hydrogen-bond donors (Lipinski definition) is 0. The van der Waals surface area contributed by atoms with Crippen molar-refractivity contribution in [2.75, 3.05) is 0 Å². The summed E-state index contributed by atoms with van der Waals surface area (Å²) in [6, 6.07) is 14.4. The quantitative estimate of drug-likeness (QED) is 0.516. The van der Waals surface area contributed by atoms with E-state index in [0.29, 0.717) is 22.4 Å². The molecular formula is C17H9BrN2O2. The van der Waals surface area contributed by atoms with Crippen molar-refractivity contribution in [2.24, 2.45) is 0 Å². The van der Waals surface area contributed by atoms with Crippen LogP contribution in [-0.4, -0.2) is 9.97 Å². The molecule has 0 N–H and O–H groups in total. The van der Waals surface area contributed by atoms with Gasteiger partial charge in [0, 0.05) is 10.5 Å². The van der Waals surface area contributed by atoms with Gasteiger partial charge >= 0.3 is 0 Å². The summed E-state index contributed by atoms with van der Waals surface area (Å²) in [4.78, 5) is 21.1. The maximum atomic E-state index is 12.3. The third-order valence-electron chi connectivity index (χ3n) is 3.39. The Kier molecular flexibility index (Phi) is 3.01. The molecule has 4 rings (SSSR count). The molecule has 0 atom stereocenters. The Morgan fingerprint density at radius 1 is 1.00 bits per heavy atom. The van der Waals surface area contributed by atoms with Crippen molar-refractivity contribution in [3.8, 4) is 11.5 Å². The van der Waals surface area contributed by atoms with Gasteiger partial charge in [-0.2, -0.15) is 0 Å². The number of rotatable bonds is 1. The van der Waals surface area contributed by atoms with Crippen molar-refractivity contribution in [3.05, 3.63) is 69.4 Å². The molecule has 0 aliphatic heterocycles. The highest BCUT2D eigenvalue weighted by atomic mass is 79.9. The number of hydrogen-bond acceptors (Lipinski definition) is 4. The SMILES string of the molecule is O=c1cc(-c2cnc3ccccc3n2)oc2ccc(Br)cc12. The Balaban J connectivity index is 1.96. The Labute approximate surface area is 133 Å². The molecule has 0 radical (unpaired) electrons. The lowest BCUT2D eigenvalue weighted by molar-refractivity contribution is 0.616. The zero-order valence-corrected chi connectivity index (χ0v) is 12.9. The minimum Gasteiger partial charge on any atom is -0.454 e. The van der Waals surface area contributed by atoms with Crippen LogP contribution < -0.4 is 5.43 Å². The molecule has 0 aliphatic rings. The number of para-hydroxylation sites is 2. The molecule has 0 spiro atoms. The van der Waals surface area contributed by atoms with Gasteiger partial charge < -0.3 is 4.42 Å². The van der Waals surface area contributed by atoms with Gasteiger partial charge in [0.25, 0.3) is 0 Å². The van der Waals surface area contributed by atoms with Crippen LogP contribution in [0.15, 0.2) is 68.4 Å². The summed E-state index contributed by atoms with van der Waals surface area (Å²) in [6.45, 7) is 0. The molecule has 0 aliphatic carbocycles. The van der Waals surface area contributed by atoms with Crippen LogP contribution in [0.25, 0.3) is 33.5 Å². The number of nitrogens with zero attached hydrogens (tertiary/aromatic N) is 2. The number of aromatic nitrogens is 2. The Morgan fingerprint density at radius 3 is 2.68 bits per heavy atom. The van der Waals surface area contributed by atoms with Crippen LogP contribution in [0.2, 0.25) is 0 Å². The molecule has 0 unspecified atom stereocenters. The molecule has 0 bridgehead atoms. The van der Waals surface area contributed by atoms with Crippen LogP contribution >= 0.6 is 15.9 Å². The average molecular weight is 353 g/mol. The molecule has 0 saturated carbocycles. The second-order valence-corrected chi connectivity index (χ2v) is 5.78. The lowest BCUT2D eigenvalue weighted by Gasteiger charge is -2.04. The number of benzene rings is 2. The maximum absolute atomic E-state index is 12.3. The largest absolute Gasteiger partial charge is 0.454 e. The molecule has 0 fully saturated rings. The van der Waals surface area contributed by atoms with Gasteiger partial charge in [-0.25, -0.2) is 4.98 Å². The van der Waals surface area contributed by atoms with Gasteiger partial charge in [-0.15, -0.1) is 0 Å². The molecule has 4 nitrogen and oxygen atoms in total. The van der Waals surface area contributed by atoms with Crippen molar-refractivity contribution >= 4 is 37.9 Å². The topological polar surface area (TPSA) is 56.0 Å². The first-order valence-electron chi connectivity index (χ1n) is 6.66. The number of halogens is 1. The molecule has 2 heterocycles. The molecule has 2 aromatic heterocycles. The third-order valence-corrected chi connectivity index (χ3v) is 3.88. The van der Waals surface area contributed by atoms with Gasteiger partial charge in [0.05, 0.1) is 22.6 Å². The highest BCUT2D eigenvalue weighted by Gasteiger charge is 2.09. The van der Waals surface area contributed by atoms with E-state index in [9.17, 15) is 4.79 Å². The summed E-state index contributed by atoms with van der Waals surface area (Å²) < 4.78 is 6.65. The molecule has 106 valence electrons. The van der Waals surface area contributed by atoms with E-state index in [4.69, 9.17) is 4.42 Å². The minimum atomic E-state index is -0.104. The highest BCUT2D eigenvalue weighted by molar-refractivity contribution is 9.10. The minimum absolute atomic E-state index is 0.104. The zero-order chi connectivity index (χ0) is 15.1. The van der Waals surface area contributed by atoms with E-state index in [1.807, 2.05) is 30.3 Å². The summed E-state index contributed by atoms with van der Waals surface area (Å²) in [5.41, 5.74) is 2.53. The van der Waals surface area contributed by atoms with E-state index >= 15 is 0 Å². The van der Waals surface area contributed by atoms with E-state index in [1.165, 1.54) is 6.07 Å². The van der Waals surface area contributed by atoms with E-state index in [0.717, 1.165) is 15.5 Å². The summed E-state index contributed by atoms with van der Waals surface area (Å²) >= 11 is 3.35. The smallest absolute Gasteiger partial charge is 0.193 e. The van der Waals surface area contributed by atoms with Crippen molar-refractivity contribution < 1.29 is 4.42 Å². The standard InChI is InChI=1S/C17H9BrN2O2/c18-10-5-6-16-11(7-10)15(21)8-17(22-16)14-9-19-12-3-1-2-4-13(12)20-14/h1-9H. The molecule has 4 aromatic rings. The Hall–Kier alpha value is -2.53.